The van der Waals surface area contributed by atoms with Gasteiger partial charge in [0.15, 0.2) is 11.5 Å². The smallest absolute Gasteiger partial charge is 0.224 e. The molecule has 0 aromatic carbocycles. The number of ether oxygens (including phenoxy) is 2. The Labute approximate surface area is 133 Å². The number of hydrogen-bond acceptors (Lipinski definition) is 4. The SMILES string of the molecule is CCCCCCOC1=CC(=O)C(OCCCCCC)=CC1=O. The van der Waals surface area contributed by atoms with E-state index in [1.165, 1.54) is 12.2 Å². The lowest BCUT2D eigenvalue weighted by Gasteiger charge is -2.14. The molecular formula is C18H28O4. The van der Waals surface area contributed by atoms with E-state index in [1.807, 2.05) is 0 Å². The summed E-state index contributed by atoms with van der Waals surface area (Å²) in [5.41, 5.74) is 0. The van der Waals surface area contributed by atoms with E-state index >= 15 is 0 Å². The van der Waals surface area contributed by atoms with Crippen molar-refractivity contribution >= 4 is 11.6 Å². The number of carbonyl (C=O) groups excluding carboxylic acids is 2. The zero-order valence-corrected chi connectivity index (χ0v) is 13.9. The summed E-state index contributed by atoms with van der Waals surface area (Å²) in [5.74, 6) is -0.281. The Balaban J connectivity index is 2.32. The van der Waals surface area contributed by atoms with Crippen molar-refractivity contribution in [2.24, 2.45) is 0 Å². The van der Waals surface area contributed by atoms with E-state index in [1.54, 1.807) is 0 Å². The number of rotatable bonds is 12. The summed E-state index contributed by atoms with van der Waals surface area (Å²) in [5, 5.41) is 0. The minimum Gasteiger partial charge on any atom is -0.489 e. The number of allylic oxidation sites excluding steroid dienone is 2. The average molecular weight is 308 g/mol. The maximum atomic E-state index is 11.9. The Bertz CT molecular complexity index is 381. The highest BCUT2D eigenvalue weighted by Crippen LogP contribution is 2.15. The summed E-state index contributed by atoms with van der Waals surface area (Å²) in [6.45, 7) is 5.24. The molecule has 0 saturated heterocycles. The highest BCUT2D eigenvalue weighted by atomic mass is 16.5. The third-order valence-electron chi connectivity index (χ3n) is 3.52. The summed E-state index contributed by atoms with van der Waals surface area (Å²) in [7, 11) is 0. The maximum Gasteiger partial charge on any atom is 0.224 e. The van der Waals surface area contributed by atoms with Crippen molar-refractivity contribution in [2.45, 2.75) is 65.2 Å². The van der Waals surface area contributed by atoms with Crippen LogP contribution in [0.2, 0.25) is 0 Å². The van der Waals surface area contributed by atoms with Gasteiger partial charge in [-0.2, -0.15) is 0 Å². The van der Waals surface area contributed by atoms with Gasteiger partial charge in [0.1, 0.15) is 0 Å². The van der Waals surface area contributed by atoms with Crippen LogP contribution in [0.25, 0.3) is 0 Å². The minimum atomic E-state index is -0.279. The topological polar surface area (TPSA) is 52.6 Å². The van der Waals surface area contributed by atoms with E-state index in [-0.39, 0.29) is 23.1 Å². The van der Waals surface area contributed by atoms with Gasteiger partial charge in [-0.15, -0.1) is 0 Å². The second-order valence-corrected chi connectivity index (χ2v) is 5.56. The van der Waals surface area contributed by atoms with Crippen LogP contribution in [0.5, 0.6) is 0 Å². The summed E-state index contributed by atoms with van der Waals surface area (Å²) in [4.78, 5) is 23.8. The number of unbranched alkanes of at least 4 members (excludes halogenated alkanes) is 6. The lowest BCUT2D eigenvalue weighted by atomic mass is 10.1. The van der Waals surface area contributed by atoms with Gasteiger partial charge >= 0.3 is 0 Å². The molecule has 1 aliphatic carbocycles. The zero-order valence-electron chi connectivity index (χ0n) is 13.9. The van der Waals surface area contributed by atoms with Crippen LogP contribution in [0.1, 0.15) is 65.2 Å². The highest BCUT2D eigenvalue weighted by Gasteiger charge is 2.22. The van der Waals surface area contributed by atoms with E-state index in [2.05, 4.69) is 13.8 Å². The van der Waals surface area contributed by atoms with Gasteiger partial charge in [0, 0.05) is 12.2 Å². The zero-order chi connectivity index (χ0) is 16.2. The molecule has 4 nitrogen and oxygen atoms in total. The second kappa shape index (κ2) is 11.0. The lowest BCUT2D eigenvalue weighted by molar-refractivity contribution is -0.119. The van der Waals surface area contributed by atoms with Crippen molar-refractivity contribution in [2.75, 3.05) is 13.2 Å². The molecule has 0 N–H and O–H groups in total. The molecule has 22 heavy (non-hydrogen) atoms. The predicted octanol–water partition coefficient (Wildman–Crippen LogP) is 4.10. The second-order valence-electron chi connectivity index (χ2n) is 5.56. The third kappa shape index (κ3) is 6.92. The molecule has 0 atom stereocenters. The van der Waals surface area contributed by atoms with Crippen LogP contribution >= 0.6 is 0 Å². The maximum absolute atomic E-state index is 11.9. The molecule has 0 bridgehead atoms. The van der Waals surface area contributed by atoms with Crippen LogP contribution < -0.4 is 0 Å². The molecule has 0 spiro atoms. The van der Waals surface area contributed by atoms with Gasteiger partial charge in [0.25, 0.3) is 0 Å². The molecule has 4 heteroatoms. The largest absolute Gasteiger partial charge is 0.489 e. The van der Waals surface area contributed by atoms with Gasteiger partial charge in [-0.25, -0.2) is 0 Å². The molecular weight excluding hydrogens is 280 g/mol. The summed E-state index contributed by atoms with van der Waals surface area (Å²) in [6, 6.07) is 0. The first-order valence-corrected chi connectivity index (χ1v) is 8.46. The van der Waals surface area contributed by atoms with Crippen LogP contribution in [0.15, 0.2) is 23.7 Å². The molecule has 124 valence electrons. The molecule has 1 rings (SSSR count). The monoisotopic (exact) mass is 308 g/mol. The summed E-state index contributed by atoms with van der Waals surface area (Å²) < 4.78 is 10.8. The van der Waals surface area contributed by atoms with Crippen LogP contribution in [-0.4, -0.2) is 24.8 Å². The van der Waals surface area contributed by atoms with Crippen LogP contribution in [0.4, 0.5) is 0 Å². The average Bonchev–Trinajstić information content (AvgIpc) is 2.51. The van der Waals surface area contributed by atoms with Gasteiger partial charge in [0.05, 0.1) is 13.2 Å². The molecule has 0 amide bonds. The van der Waals surface area contributed by atoms with Crippen molar-refractivity contribution in [1.29, 1.82) is 0 Å². The standard InChI is InChI=1S/C18H28O4/c1-3-5-7-9-11-21-17-13-16(20)18(14-15(17)19)22-12-10-8-6-4-2/h13-14H,3-12H2,1-2H3. The van der Waals surface area contributed by atoms with E-state index in [9.17, 15) is 9.59 Å². The molecule has 0 unspecified atom stereocenters. The minimum absolute atomic E-state index is 0.139. The van der Waals surface area contributed by atoms with Crippen LogP contribution in [-0.2, 0) is 19.1 Å². The number of carbonyl (C=O) groups is 2. The number of hydrogen-bond donors (Lipinski definition) is 0. The Kier molecular flexibility index (Phi) is 9.28. The molecule has 0 heterocycles. The molecule has 0 saturated carbocycles. The van der Waals surface area contributed by atoms with Crippen molar-refractivity contribution in [3.05, 3.63) is 23.7 Å². The quantitative estimate of drug-likeness (QED) is 0.402. The summed E-state index contributed by atoms with van der Waals surface area (Å²) >= 11 is 0. The van der Waals surface area contributed by atoms with Crippen molar-refractivity contribution in [3.63, 3.8) is 0 Å². The van der Waals surface area contributed by atoms with E-state index < -0.39 is 0 Å². The third-order valence-corrected chi connectivity index (χ3v) is 3.52. The lowest BCUT2D eigenvalue weighted by Crippen LogP contribution is -2.17. The van der Waals surface area contributed by atoms with Gasteiger partial charge < -0.3 is 9.47 Å². The van der Waals surface area contributed by atoms with Crippen LogP contribution in [0, 0.1) is 0 Å². The van der Waals surface area contributed by atoms with Gasteiger partial charge in [0.2, 0.25) is 11.6 Å². The number of ketones is 2. The summed E-state index contributed by atoms with van der Waals surface area (Å²) in [6.07, 6.45) is 11.1. The molecule has 0 aromatic heterocycles. The fourth-order valence-corrected chi connectivity index (χ4v) is 2.17. The molecule has 0 radical (unpaired) electrons. The predicted molar refractivity (Wildman–Crippen MR) is 86.4 cm³/mol. The van der Waals surface area contributed by atoms with Crippen molar-refractivity contribution in [1.82, 2.24) is 0 Å². The molecule has 1 aliphatic rings. The fraction of sp³-hybridized carbons (Fsp3) is 0.667. The first kappa shape index (κ1) is 18.5. The van der Waals surface area contributed by atoms with Crippen molar-refractivity contribution in [3.8, 4) is 0 Å². The van der Waals surface area contributed by atoms with E-state index in [4.69, 9.17) is 9.47 Å². The molecule has 0 fully saturated rings. The fourth-order valence-electron chi connectivity index (χ4n) is 2.17. The van der Waals surface area contributed by atoms with Crippen LogP contribution in [0.3, 0.4) is 0 Å². The Morgan fingerprint density at radius 1 is 0.682 bits per heavy atom. The van der Waals surface area contributed by atoms with Gasteiger partial charge in [-0.3, -0.25) is 9.59 Å². The Morgan fingerprint density at radius 2 is 1.09 bits per heavy atom. The first-order chi connectivity index (χ1) is 10.7. The highest BCUT2D eigenvalue weighted by molar-refractivity contribution is 6.18. The van der Waals surface area contributed by atoms with Gasteiger partial charge in [-0.05, 0) is 12.8 Å². The van der Waals surface area contributed by atoms with Crippen molar-refractivity contribution < 1.29 is 19.1 Å². The Morgan fingerprint density at radius 3 is 1.45 bits per heavy atom. The Hall–Kier alpha value is -1.58. The molecule has 0 aliphatic heterocycles. The molecule has 0 aromatic rings. The first-order valence-electron chi connectivity index (χ1n) is 8.46. The van der Waals surface area contributed by atoms with E-state index in [0.717, 1.165) is 51.4 Å². The van der Waals surface area contributed by atoms with Gasteiger partial charge in [-0.1, -0.05) is 52.4 Å². The normalized spacial score (nSPS) is 14.6. The van der Waals surface area contributed by atoms with E-state index in [0.29, 0.717) is 13.2 Å².